The minimum Gasteiger partial charge on any atom is -0.357 e. The second-order valence-corrected chi connectivity index (χ2v) is 4.92. The number of rotatable bonds is 6. The molecule has 1 heterocycles. The third kappa shape index (κ3) is 4.26. The van der Waals surface area contributed by atoms with Crippen LogP contribution in [0.1, 0.15) is 19.3 Å². The molecule has 0 saturated heterocycles. The van der Waals surface area contributed by atoms with Crippen molar-refractivity contribution in [2.45, 2.75) is 19.3 Å². The molecule has 1 rings (SSSR count). The van der Waals surface area contributed by atoms with Gasteiger partial charge in [-0.1, -0.05) is 6.42 Å². The summed E-state index contributed by atoms with van der Waals surface area (Å²) in [5, 5.41) is 0. The van der Waals surface area contributed by atoms with Gasteiger partial charge in [-0.05, 0) is 34.8 Å². The molecular formula is C11H15BrClFN2. The van der Waals surface area contributed by atoms with Gasteiger partial charge < -0.3 is 4.90 Å². The molecule has 0 N–H and O–H groups in total. The third-order valence-electron chi connectivity index (χ3n) is 2.28. The van der Waals surface area contributed by atoms with Gasteiger partial charge in [0.1, 0.15) is 0 Å². The molecule has 5 heteroatoms. The Bertz CT molecular complexity index is 336. The lowest BCUT2D eigenvalue weighted by atomic mass is 10.2. The van der Waals surface area contributed by atoms with Crippen LogP contribution < -0.4 is 4.90 Å². The van der Waals surface area contributed by atoms with Crippen LogP contribution >= 0.6 is 27.5 Å². The Labute approximate surface area is 109 Å². The number of unbranched alkanes of at least 4 members (excludes halogenated alkanes) is 2. The van der Waals surface area contributed by atoms with Crippen LogP contribution in [0.5, 0.6) is 0 Å². The van der Waals surface area contributed by atoms with Crippen LogP contribution in [0.25, 0.3) is 0 Å². The molecule has 0 amide bonds. The second kappa shape index (κ2) is 7.07. The highest BCUT2D eigenvalue weighted by atomic mass is 79.9. The molecule has 16 heavy (non-hydrogen) atoms. The van der Waals surface area contributed by atoms with Crippen molar-refractivity contribution < 1.29 is 4.39 Å². The van der Waals surface area contributed by atoms with E-state index in [9.17, 15) is 4.39 Å². The van der Waals surface area contributed by atoms with Crippen molar-refractivity contribution >= 4 is 33.3 Å². The highest BCUT2D eigenvalue weighted by molar-refractivity contribution is 9.10. The zero-order chi connectivity index (χ0) is 12.0. The average molecular weight is 310 g/mol. The van der Waals surface area contributed by atoms with Gasteiger partial charge in [0.05, 0.1) is 0 Å². The Kier molecular flexibility index (Phi) is 6.06. The molecule has 0 bridgehead atoms. The molecule has 0 aliphatic heterocycles. The van der Waals surface area contributed by atoms with E-state index in [1.807, 2.05) is 11.9 Å². The van der Waals surface area contributed by atoms with Crippen molar-refractivity contribution in [1.29, 1.82) is 0 Å². The SMILES string of the molecule is CN(CCCCCCl)c1ncc(Br)cc1F. The van der Waals surface area contributed by atoms with Crippen LogP contribution in [0, 0.1) is 5.82 Å². The quantitative estimate of drug-likeness (QED) is 0.586. The molecular weight excluding hydrogens is 294 g/mol. The van der Waals surface area contributed by atoms with Gasteiger partial charge in [-0.2, -0.15) is 0 Å². The molecule has 0 fully saturated rings. The lowest BCUT2D eigenvalue weighted by molar-refractivity contribution is 0.608. The average Bonchev–Trinajstić information content (AvgIpc) is 2.24. The van der Waals surface area contributed by atoms with Gasteiger partial charge in [-0.3, -0.25) is 0 Å². The second-order valence-electron chi connectivity index (χ2n) is 3.63. The summed E-state index contributed by atoms with van der Waals surface area (Å²) in [6, 6.07) is 1.43. The number of hydrogen-bond donors (Lipinski definition) is 0. The van der Waals surface area contributed by atoms with Crippen LogP contribution in [0.2, 0.25) is 0 Å². The van der Waals surface area contributed by atoms with E-state index < -0.39 is 0 Å². The molecule has 0 atom stereocenters. The number of alkyl halides is 1. The van der Waals surface area contributed by atoms with Gasteiger partial charge in [0.15, 0.2) is 11.6 Å². The molecule has 1 aromatic heterocycles. The topological polar surface area (TPSA) is 16.1 Å². The Morgan fingerprint density at radius 1 is 1.44 bits per heavy atom. The predicted octanol–water partition coefficient (Wildman–Crippen LogP) is 3.83. The fourth-order valence-corrected chi connectivity index (χ4v) is 1.91. The molecule has 0 radical (unpaired) electrons. The highest BCUT2D eigenvalue weighted by Crippen LogP contribution is 2.19. The van der Waals surface area contributed by atoms with Crippen LogP contribution in [0.3, 0.4) is 0 Å². The van der Waals surface area contributed by atoms with Crippen molar-refractivity contribution in [2.75, 3.05) is 24.4 Å². The van der Waals surface area contributed by atoms with E-state index in [0.717, 1.165) is 25.8 Å². The fraction of sp³-hybridized carbons (Fsp3) is 0.545. The largest absolute Gasteiger partial charge is 0.357 e. The van der Waals surface area contributed by atoms with Crippen LogP contribution in [0.4, 0.5) is 10.2 Å². The van der Waals surface area contributed by atoms with Gasteiger partial charge in [0.2, 0.25) is 0 Å². The van der Waals surface area contributed by atoms with E-state index in [-0.39, 0.29) is 5.82 Å². The van der Waals surface area contributed by atoms with Gasteiger partial charge in [0, 0.05) is 30.1 Å². The molecule has 0 unspecified atom stereocenters. The van der Waals surface area contributed by atoms with Crippen LogP contribution in [-0.2, 0) is 0 Å². The molecule has 2 nitrogen and oxygen atoms in total. The molecule has 90 valence electrons. The first-order valence-corrected chi connectivity index (χ1v) is 6.56. The van der Waals surface area contributed by atoms with E-state index >= 15 is 0 Å². The number of aromatic nitrogens is 1. The molecule has 0 spiro atoms. The number of halogens is 3. The summed E-state index contributed by atoms with van der Waals surface area (Å²) < 4.78 is 14.2. The first-order chi connectivity index (χ1) is 7.65. The van der Waals surface area contributed by atoms with E-state index in [1.54, 1.807) is 6.20 Å². The minimum absolute atomic E-state index is 0.297. The van der Waals surface area contributed by atoms with Crippen molar-refractivity contribution in [2.24, 2.45) is 0 Å². The standard InChI is InChI=1S/C11H15BrClFN2/c1-16(6-4-2-3-5-13)11-10(14)7-9(12)8-15-11/h7-8H,2-6H2,1H3. The highest BCUT2D eigenvalue weighted by Gasteiger charge is 2.08. The molecule has 0 aliphatic carbocycles. The van der Waals surface area contributed by atoms with E-state index in [1.165, 1.54) is 6.07 Å². The zero-order valence-corrected chi connectivity index (χ0v) is 11.6. The number of anilines is 1. The van der Waals surface area contributed by atoms with Crippen LogP contribution in [-0.4, -0.2) is 24.5 Å². The number of pyridine rings is 1. The predicted molar refractivity (Wildman–Crippen MR) is 69.7 cm³/mol. The van der Waals surface area contributed by atoms with Crippen LogP contribution in [0.15, 0.2) is 16.7 Å². The van der Waals surface area contributed by atoms with E-state index in [4.69, 9.17) is 11.6 Å². The lowest BCUT2D eigenvalue weighted by Crippen LogP contribution is -2.21. The van der Waals surface area contributed by atoms with E-state index in [0.29, 0.717) is 16.2 Å². The maximum Gasteiger partial charge on any atom is 0.166 e. The first-order valence-electron chi connectivity index (χ1n) is 5.23. The minimum atomic E-state index is -0.297. The Morgan fingerprint density at radius 3 is 2.81 bits per heavy atom. The maximum atomic E-state index is 13.5. The summed E-state index contributed by atoms with van der Waals surface area (Å²) in [5.74, 6) is 0.789. The summed E-state index contributed by atoms with van der Waals surface area (Å²) in [7, 11) is 1.85. The Morgan fingerprint density at radius 2 is 2.19 bits per heavy atom. The van der Waals surface area contributed by atoms with Crippen molar-refractivity contribution in [3.63, 3.8) is 0 Å². The Balaban J connectivity index is 2.49. The van der Waals surface area contributed by atoms with Crippen molar-refractivity contribution in [1.82, 2.24) is 4.98 Å². The van der Waals surface area contributed by atoms with Crippen molar-refractivity contribution in [3.8, 4) is 0 Å². The van der Waals surface area contributed by atoms with E-state index in [2.05, 4.69) is 20.9 Å². The zero-order valence-electron chi connectivity index (χ0n) is 9.22. The summed E-state index contributed by atoms with van der Waals surface area (Å²) in [6.45, 7) is 0.794. The summed E-state index contributed by atoms with van der Waals surface area (Å²) >= 11 is 8.77. The maximum absolute atomic E-state index is 13.5. The lowest BCUT2D eigenvalue weighted by Gasteiger charge is -2.18. The normalized spacial score (nSPS) is 10.5. The molecule has 0 aliphatic rings. The van der Waals surface area contributed by atoms with Gasteiger partial charge >= 0.3 is 0 Å². The number of hydrogen-bond acceptors (Lipinski definition) is 2. The van der Waals surface area contributed by atoms with Gasteiger partial charge in [-0.15, -0.1) is 11.6 Å². The smallest absolute Gasteiger partial charge is 0.166 e. The van der Waals surface area contributed by atoms with Crippen molar-refractivity contribution in [3.05, 3.63) is 22.6 Å². The Hall–Kier alpha value is -0.350. The summed E-state index contributed by atoms with van der Waals surface area (Å²) in [4.78, 5) is 5.88. The first kappa shape index (κ1) is 13.7. The monoisotopic (exact) mass is 308 g/mol. The fourth-order valence-electron chi connectivity index (χ4n) is 1.41. The van der Waals surface area contributed by atoms with Gasteiger partial charge in [0.25, 0.3) is 0 Å². The summed E-state index contributed by atoms with van der Waals surface area (Å²) in [5.41, 5.74) is 0. The third-order valence-corrected chi connectivity index (χ3v) is 2.98. The van der Waals surface area contributed by atoms with Gasteiger partial charge in [-0.25, -0.2) is 9.37 Å². The number of nitrogens with zero attached hydrogens (tertiary/aromatic N) is 2. The molecule has 0 aromatic carbocycles. The summed E-state index contributed by atoms with van der Waals surface area (Å²) in [6.07, 6.45) is 4.67. The molecule has 1 aromatic rings. The molecule has 0 saturated carbocycles.